The summed E-state index contributed by atoms with van der Waals surface area (Å²) in [6.07, 6.45) is 8.38. The lowest BCUT2D eigenvalue weighted by atomic mass is 10.1. The summed E-state index contributed by atoms with van der Waals surface area (Å²) in [6, 6.07) is 12.9. The van der Waals surface area contributed by atoms with Gasteiger partial charge in [0, 0.05) is 68.1 Å². The lowest BCUT2D eigenvalue weighted by Crippen LogP contribution is -2.50. The highest BCUT2D eigenvalue weighted by Gasteiger charge is 2.27. The SMILES string of the molecule is O=C(c1ccncc1)N1CCN(C(=O)c2cn(-c3ncccn3)c3ccccc23)CC1. The topological polar surface area (TPSA) is 84.2 Å². The van der Waals surface area contributed by atoms with Gasteiger partial charge in [-0.15, -0.1) is 0 Å². The molecule has 1 aromatic carbocycles. The number of piperazine rings is 1. The minimum Gasteiger partial charge on any atom is -0.335 e. The Morgan fingerprint density at radius 1 is 0.742 bits per heavy atom. The van der Waals surface area contributed by atoms with Crippen LogP contribution in [0.3, 0.4) is 0 Å². The maximum Gasteiger partial charge on any atom is 0.256 e. The van der Waals surface area contributed by atoms with Crippen molar-refractivity contribution in [3.63, 3.8) is 0 Å². The number of aromatic nitrogens is 4. The Hall–Kier alpha value is -4.07. The van der Waals surface area contributed by atoms with Crippen molar-refractivity contribution in [3.05, 3.63) is 84.6 Å². The van der Waals surface area contributed by atoms with Gasteiger partial charge in [-0.2, -0.15) is 0 Å². The summed E-state index contributed by atoms with van der Waals surface area (Å²) in [7, 11) is 0. The van der Waals surface area contributed by atoms with E-state index in [-0.39, 0.29) is 11.8 Å². The Balaban J connectivity index is 1.37. The second-order valence-electron chi connectivity index (χ2n) is 7.30. The summed E-state index contributed by atoms with van der Waals surface area (Å²) in [5, 5.41) is 0.857. The molecular weight excluding hydrogens is 392 g/mol. The Kier molecular flexibility index (Phi) is 4.87. The molecule has 154 valence electrons. The monoisotopic (exact) mass is 412 g/mol. The van der Waals surface area contributed by atoms with Crippen LogP contribution < -0.4 is 0 Å². The average Bonchev–Trinajstić information content (AvgIpc) is 3.24. The first-order valence-corrected chi connectivity index (χ1v) is 10.1. The van der Waals surface area contributed by atoms with E-state index in [1.165, 1.54) is 0 Å². The molecule has 0 bridgehead atoms. The molecule has 0 atom stereocenters. The van der Waals surface area contributed by atoms with Crippen LogP contribution in [0.4, 0.5) is 0 Å². The molecule has 4 heterocycles. The summed E-state index contributed by atoms with van der Waals surface area (Å²) in [6.45, 7) is 1.95. The fourth-order valence-corrected chi connectivity index (χ4v) is 3.89. The van der Waals surface area contributed by atoms with Crippen LogP contribution in [-0.4, -0.2) is 67.3 Å². The number of hydrogen-bond acceptors (Lipinski definition) is 5. The molecule has 0 N–H and O–H groups in total. The second kappa shape index (κ2) is 7.98. The van der Waals surface area contributed by atoms with Gasteiger partial charge >= 0.3 is 0 Å². The van der Waals surface area contributed by atoms with E-state index in [0.717, 1.165) is 10.9 Å². The zero-order chi connectivity index (χ0) is 21.2. The van der Waals surface area contributed by atoms with Crippen LogP contribution in [0, 0.1) is 0 Å². The normalized spacial score (nSPS) is 14.1. The van der Waals surface area contributed by atoms with Gasteiger partial charge in [-0.05, 0) is 24.3 Å². The first-order valence-electron chi connectivity index (χ1n) is 10.1. The first kappa shape index (κ1) is 18.9. The third kappa shape index (κ3) is 3.52. The molecule has 0 unspecified atom stereocenters. The molecule has 0 saturated carbocycles. The van der Waals surface area contributed by atoms with Gasteiger partial charge in [-0.3, -0.25) is 19.1 Å². The predicted octanol–water partition coefficient (Wildman–Crippen LogP) is 2.41. The Morgan fingerprint density at radius 3 is 2.10 bits per heavy atom. The van der Waals surface area contributed by atoms with Crippen LogP contribution in [0.15, 0.2) is 73.4 Å². The van der Waals surface area contributed by atoms with E-state index in [1.807, 2.05) is 28.8 Å². The molecule has 1 fully saturated rings. The number of hydrogen-bond donors (Lipinski definition) is 0. The van der Waals surface area contributed by atoms with Crippen molar-refractivity contribution in [3.8, 4) is 5.95 Å². The summed E-state index contributed by atoms with van der Waals surface area (Å²) in [5.41, 5.74) is 2.10. The van der Waals surface area contributed by atoms with Crippen LogP contribution >= 0.6 is 0 Å². The number of pyridine rings is 1. The van der Waals surface area contributed by atoms with Gasteiger partial charge in [0.1, 0.15) is 0 Å². The van der Waals surface area contributed by atoms with Gasteiger partial charge in [-0.25, -0.2) is 9.97 Å². The van der Waals surface area contributed by atoms with Crippen LogP contribution in [0.2, 0.25) is 0 Å². The molecule has 31 heavy (non-hydrogen) atoms. The minimum atomic E-state index is -0.0538. The van der Waals surface area contributed by atoms with Gasteiger partial charge in [0.25, 0.3) is 11.8 Å². The van der Waals surface area contributed by atoms with E-state index in [0.29, 0.717) is 43.3 Å². The van der Waals surface area contributed by atoms with Gasteiger partial charge in [-0.1, -0.05) is 18.2 Å². The van der Waals surface area contributed by atoms with Crippen molar-refractivity contribution in [2.24, 2.45) is 0 Å². The highest BCUT2D eigenvalue weighted by atomic mass is 16.2. The summed E-state index contributed by atoms with van der Waals surface area (Å²) in [5.74, 6) is 0.430. The van der Waals surface area contributed by atoms with E-state index in [9.17, 15) is 9.59 Å². The van der Waals surface area contributed by atoms with E-state index >= 15 is 0 Å². The Labute approximate surface area is 178 Å². The van der Waals surface area contributed by atoms with Crippen molar-refractivity contribution in [2.75, 3.05) is 26.2 Å². The van der Waals surface area contributed by atoms with Gasteiger partial charge < -0.3 is 9.80 Å². The molecule has 1 aliphatic heterocycles. The van der Waals surface area contributed by atoms with Crippen LogP contribution in [-0.2, 0) is 0 Å². The lowest BCUT2D eigenvalue weighted by Gasteiger charge is -2.34. The highest BCUT2D eigenvalue weighted by molar-refractivity contribution is 6.07. The second-order valence-corrected chi connectivity index (χ2v) is 7.30. The molecule has 8 nitrogen and oxygen atoms in total. The molecule has 1 aliphatic rings. The molecular formula is C23H20N6O2. The number of carbonyl (C=O) groups is 2. The zero-order valence-electron chi connectivity index (χ0n) is 16.8. The lowest BCUT2D eigenvalue weighted by molar-refractivity contribution is 0.0536. The third-order valence-electron chi connectivity index (χ3n) is 5.49. The number of rotatable bonds is 3. The molecule has 0 aliphatic carbocycles. The Morgan fingerprint density at radius 2 is 1.39 bits per heavy atom. The molecule has 2 amide bonds. The van der Waals surface area contributed by atoms with Crippen LogP contribution in [0.5, 0.6) is 0 Å². The van der Waals surface area contributed by atoms with E-state index in [2.05, 4.69) is 15.0 Å². The van der Waals surface area contributed by atoms with Crippen molar-refractivity contribution < 1.29 is 9.59 Å². The number of fused-ring (bicyclic) bond motifs is 1. The molecule has 5 rings (SSSR count). The molecule has 0 radical (unpaired) electrons. The van der Waals surface area contributed by atoms with Crippen LogP contribution in [0.1, 0.15) is 20.7 Å². The molecule has 4 aromatic rings. The predicted molar refractivity (Wildman–Crippen MR) is 115 cm³/mol. The molecule has 1 saturated heterocycles. The fraction of sp³-hybridized carbons (Fsp3) is 0.174. The highest BCUT2D eigenvalue weighted by Crippen LogP contribution is 2.25. The fourth-order valence-electron chi connectivity index (χ4n) is 3.89. The third-order valence-corrected chi connectivity index (χ3v) is 5.49. The van der Waals surface area contributed by atoms with E-state index in [4.69, 9.17) is 0 Å². The summed E-state index contributed by atoms with van der Waals surface area (Å²) >= 11 is 0. The minimum absolute atomic E-state index is 0.0349. The number of benzene rings is 1. The van der Waals surface area contributed by atoms with Crippen molar-refractivity contribution in [2.45, 2.75) is 0 Å². The number of nitrogens with zero attached hydrogens (tertiary/aromatic N) is 6. The standard InChI is InChI=1S/C23H20N6O2/c30-21(17-6-10-24-11-7-17)27-12-14-28(15-13-27)22(31)19-16-29(23-25-8-3-9-26-23)20-5-2-1-4-18(19)20/h1-11,16H,12-15H2. The average molecular weight is 412 g/mol. The smallest absolute Gasteiger partial charge is 0.256 e. The summed E-state index contributed by atoms with van der Waals surface area (Å²) < 4.78 is 1.84. The van der Waals surface area contributed by atoms with Crippen LogP contribution in [0.25, 0.3) is 16.9 Å². The van der Waals surface area contributed by atoms with E-state index < -0.39 is 0 Å². The number of amides is 2. The van der Waals surface area contributed by atoms with Gasteiger partial charge in [0.15, 0.2) is 0 Å². The number of para-hydroxylation sites is 1. The van der Waals surface area contributed by atoms with Crippen molar-refractivity contribution >= 4 is 22.7 Å². The van der Waals surface area contributed by atoms with Crippen molar-refractivity contribution in [1.29, 1.82) is 0 Å². The van der Waals surface area contributed by atoms with Crippen molar-refractivity contribution in [1.82, 2.24) is 29.3 Å². The molecule has 0 spiro atoms. The quantitative estimate of drug-likeness (QED) is 0.516. The Bertz CT molecular complexity index is 1230. The largest absolute Gasteiger partial charge is 0.335 e. The summed E-state index contributed by atoms with van der Waals surface area (Å²) in [4.78, 5) is 42.2. The van der Waals surface area contributed by atoms with Gasteiger partial charge in [0.2, 0.25) is 5.95 Å². The molecule has 3 aromatic heterocycles. The maximum atomic E-state index is 13.4. The zero-order valence-corrected chi connectivity index (χ0v) is 16.8. The molecule has 8 heteroatoms. The van der Waals surface area contributed by atoms with E-state index in [1.54, 1.807) is 59.0 Å². The first-order chi connectivity index (χ1) is 15.2. The van der Waals surface area contributed by atoms with Gasteiger partial charge in [0.05, 0.1) is 11.1 Å². The maximum absolute atomic E-state index is 13.4. The number of carbonyl (C=O) groups excluding carboxylic acids is 2.